The van der Waals surface area contributed by atoms with Gasteiger partial charge in [0.05, 0.1) is 0 Å². The van der Waals surface area contributed by atoms with E-state index in [-0.39, 0.29) is 5.91 Å². The lowest BCUT2D eigenvalue weighted by Crippen LogP contribution is -2.34. The van der Waals surface area contributed by atoms with Crippen LogP contribution in [0.4, 0.5) is 5.69 Å². The molecular weight excluding hydrogens is 260 g/mol. The number of piperidine rings is 1. The third-order valence-electron chi connectivity index (χ3n) is 3.66. The van der Waals surface area contributed by atoms with Gasteiger partial charge in [-0.3, -0.25) is 4.79 Å². The molecule has 1 heterocycles. The molecule has 0 radical (unpaired) electrons. The summed E-state index contributed by atoms with van der Waals surface area (Å²) >= 11 is 5.91. The van der Waals surface area contributed by atoms with Crippen LogP contribution in [0.3, 0.4) is 0 Å². The van der Waals surface area contributed by atoms with Crippen molar-refractivity contribution in [3.8, 4) is 0 Å². The molecule has 1 saturated heterocycles. The number of nitrogens with one attached hydrogen (secondary N) is 1. The second kappa shape index (κ2) is 6.40. The molecule has 0 saturated carbocycles. The molecule has 2 rings (SSSR count). The van der Waals surface area contributed by atoms with Crippen molar-refractivity contribution in [1.29, 1.82) is 0 Å². The number of benzene rings is 1. The number of aryl methyl sites for hydroxylation is 1. The van der Waals surface area contributed by atoms with Gasteiger partial charge in [-0.2, -0.15) is 0 Å². The largest absolute Gasteiger partial charge is 0.326 e. The highest BCUT2D eigenvalue weighted by atomic mass is 35.5. The van der Waals surface area contributed by atoms with Crippen LogP contribution in [-0.2, 0) is 4.79 Å². The Morgan fingerprint density at radius 3 is 3.00 bits per heavy atom. The van der Waals surface area contributed by atoms with Crippen LogP contribution in [-0.4, -0.2) is 30.9 Å². The summed E-state index contributed by atoms with van der Waals surface area (Å²) in [5.41, 5.74) is 1.86. The summed E-state index contributed by atoms with van der Waals surface area (Å²) in [6, 6.07) is 5.53. The number of carbonyl (C=O) groups excluding carboxylic acids is 1. The minimum Gasteiger partial charge on any atom is -0.326 e. The molecule has 1 fully saturated rings. The van der Waals surface area contributed by atoms with Crippen LogP contribution in [0.1, 0.15) is 24.8 Å². The van der Waals surface area contributed by atoms with Crippen molar-refractivity contribution in [1.82, 2.24) is 4.90 Å². The standard InChI is InChI=1S/C15H21ClN2O/c1-11-8-13(16)5-6-14(11)17-15(19)9-12-4-3-7-18(2)10-12/h5-6,8,12H,3-4,7,9-10H2,1-2H3,(H,17,19). The molecule has 1 aliphatic heterocycles. The molecular formula is C15H21ClN2O. The van der Waals surface area contributed by atoms with Gasteiger partial charge < -0.3 is 10.2 Å². The van der Waals surface area contributed by atoms with E-state index < -0.39 is 0 Å². The monoisotopic (exact) mass is 280 g/mol. The Labute approximate surface area is 119 Å². The van der Waals surface area contributed by atoms with Crippen LogP contribution in [0.2, 0.25) is 5.02 Å². The van der Waals surface area contributed by atoms with Gasteiger partial charge in [-0.15, -0.1) is 0 Å². The summed E-state index contributed by atoms with van der Waals surface area (Å²) in [6.07, 6.45) is 2.94. The summed E-state index contributed by atoms with van der Waals surface area (Å²) in [6.45, 7) is 4.12. The van der Waals surface area contributed by atoms with Gasteiger partial charge in [-0.25, -0.2) is 0 Å². The van der Waals surface area contributed by atoms with Crippen LogP contribution in [0.15, 0.2) is 18.2 Å². The molecule has 1 aliphatic rings. The second-order valence-corrected chi connectivity index (χ2v) is 5.92. The number of rotatable bonds is 3. The highest BCUT2D eigenvalue weighted by Gasteiger charge is 2.20. The third-order valence-corrected chi connectivity index (χ3v) is 3.89. The highest BCUT2D eigenvalue weighted by molar-refractivity contribution is 6.30. The maximum Gasteiger partial charge on any atom is 0.224 e. The molecule has 0 aromatic heterocycles. The number of hydrogen-bond donors (Lipinski definition) is 1. The van der Waals surface area contributed by atoms with Gasteiger partial charge in [0.15, 0.2) is 0 Å². The van der Waals surface area contributed by atoms with Gasteiger partial charge in [0.25, 0.3) is 0 Å². The van der Waals surface area contributed by atoms with Gasteiger partial charge in [0.1, 0.15) is 0 Å². The maximum atomic E-state index is 12.1. The topological polar surface area (TPSA) is 32.3 Å². The lowest BCUT2D eigenvalue weighted by atomic mass is 9.95. The Kier molecular flexibility index (Phi) is 4.83. The Morgan fingerprint density at radius 1 is 1.53 bits per heavy atom. The Bertz CT molecular complexity index is 461. The lowest BCUT2D eigenvalue weighted by Gasteiger charge is -2.29. The number of hydrogen-bond acceptors (Lipinski definition) is 2. The van der Waals surface area contributed by atoms with Crippen LogP contribution >= 0.6 is 11.6 Å². The molecule has 1 amide bonds. The van der Waals surface area contributed by atoms with Crippen molar-refractivity contribution >= 4 is 23.2 Å². The first-order valence-electron chi connectivity index (χ1n) is 6.79. The van der Waals surface area contributed by atoms with Crippen LogP contribution in [0.25, 0.3) is 0 Å². The number of carbonyl (C=O) groups is 1. The zero-order chi connectivity index (χ0) is 13.8. The van der Waals surface area contributed by atoms with Crippen molar-refractivity contribution < 1.29 is 4.79 Å². The zero-order valence-electron chi connectivity index (χ0n) is 11.6. The molecule has 1 aromatic rings. The second-order valence-electron chi connectivity index (χ2n) is 5.48. The van der Waals surface area contributed by atoms with Gasteiger partial charge >= 0.3 is 0 Å². The van der Waals surface area contributed by atoms with E-state index >= 15 is 0 Å². The van der Waals surface area contributed by atoms with E-state index in [4.69, 9.17) is 11.6 Å². The van der Waals surface area contributed by atoms with Crippen LogP contribution in [0.5, 0.6) is 0 Å². The number of nitrogens with zero attached hydrogens (tertiary/aromatic N) is 1. The summed E-state index contributed by atoms with van der Waals surface area (Å²) in [7, 11) is 2.12. The smallest absolute Gasteiger partial charge is 0.224 e. The quantitative estimate of drug-likeness (QED) is 0.921. The molecule has 3 nitrogen and oxygen atoms in total. The number of amides is 1. The van der Waals surface area contributed by atoms with Gasteiger partial charge in [0.2, 0.25) is 5.91 Å². The molecule has 0 aliphatic carbocycles. The molecule has 104 valence electrons. The average molecular weight is 281 g/mol. The Morgan fingerprint density at radius 2 is 2.32 bits per heavy atom. The minimum absolute atomic E-state index is 0.103. The highest BCUT2D eigenvalue weighted by Crippen LogP contribution is 2.22. The fraction of sp³-hybridized carbons (Fsp3) is 0.533. The van der Waals surface area contributed by atoms with E-state index in [9.17, 15) is 4.79 Å². The zero-order valence-corrected chi connectivity index (χ0v) is 12.3. The van der Waals surface area contributed by atoms with Gasteiger partial charge in [-0.1, -0.05) is 11.6 Å². The predicted molar refractivity (Wildman–Crippen MR) is 79.7 cm³/mol. The van der Waals surface area contributed by atoms with E-state index in [2.05, 4.69) is 17.3 Å². The first-order chi connectivity index (χ1) is 9.04. The molecule has 4 heteroatoms. The summed E-state index contributed by atoms with van der Waals surface area (Å²) in [5.74, 6) is 0.581. The molecule has 0 spiro atoms. The normalized spacial score (nSPS) is 20.3. The maximum absolute atomic E-state index is 12.1. The summed E-state index contributed by atoms with van der Waals surface area (Å²) in [4.78, 5) is 14.4. The first-order valence-corrected chi connectivity index (χ1v) is 7.17. The van der Waals surface area contributed by atoms with Crippen molar-refractivity contribution in [3.63, 3.8) is 0 Å². The SMILES string of the molecule is Cc1cc(Cl)ccc1NC(=O)CC1CCCN(C)C1. The molecule has 19 heavy (non-hydrogen) atoms. The van der Waals surface area contributed by atoms with E-state index in [1.807, 2.05) is 19.1 Å². The van der Waals surface area contributed by atoms with E-state index in [0.717, 1.165) is 30.8 Å². The van der Waals surface area contributed by atoms with Crippen molar-refractivity contribution in [2.24, 2.45) is 5.92 Å². The molecule has 0 bridgehead atoms. The van der Waals surface area contributed by atoms with Crippen molar-refractivity contribution in [2.75, 3.05) is 25.5 Å². The predicted octanol–water partition coefficient (Wildman–Crippen LogP) is 3.32. The van der Waals surface area contributed by atoms with E-state index in [1.165, 1.54) is 6.42 Å². The number of likely N-dealkylation sites (tertiary alicyclic amines) is 1. The van der Waals surface area contributed by atoms with Crippen molar-refractivity contribution in [2.45, 2.75) is 26.2 Å². The van der Waals surface area contributed by atoms with Crippen LogP contribution < -0.4 is 5.32 Å². The minimum atomic E-state index is 0.103. The summed E-state index contributed by atoms with van der Waals surface area (Å²) in [5, 5.41) is 3.68. The fourth-order valence-electron chi connectivity index (χ4n) is 2.67. The summed E-state index contributed by atoms with van der Waals surface area (Å²) < 4.78 is 0. The lowest BCUT2D eigenvalue weighted by molar-refractivity contribution is -0.117. The van der Waals surface area contributed by atoms with Gasteiger partial charge in [0, 0.05) is 23.7 Å². The Hall–Kier alpha value is -1.06. The Balaban J connectivity index is 1.90. The fourth-order valence-corrected chi connectivity index (χ4v) is 2.90. The number of halogens is 1. The van der Waals surface area contributed by atoms with E-state index in [1.54, 1.807) is 6.07 Å². The van der Waals surface area contributed by atoms with Crippen LogP contribution in [0, 0.1) is 12.8 Å². The first kappa shape index (κ1) is 14.4. The van der Waals surface area contributed by atoms with Crippen molar-refractivity contribution in [3.05, 3.63) is 28.8 Å². The van der Waals surface area contributed by atoms with Gasteiger partial charge in [-0.05, 0) is 63.0 Å². The third kappa shape index (κ3) is 4.22. The van der Waals surface area contributed by atoms with E-state index in [0.29, 0.717) is 17.4 Å². The average Bonchev–Trinajstić information content (AvgIpc) is 2.33. The number of anilines is 1. The molecule has 1 unspecified atom stereocenters. The molecule has 1 atom stereocenters. The molecule has 1 aromatic carbocycles. The molecule has 1 N–H and O–H groups in total.